The van der Waals surface area contributed by atoms with Crippen LogP contribution in [-0.4, -0.2) is 17.7 Å². The van der Waals surface area contributed by atoms with Gasteiger partial charge in [-0.2, -0.15) is 0 Å². The first kappa shape index (κ1) is 11.6. The molecule has 2 heteroatoms. The van der Waals surface area contributed by atoms with Gasteiger partial charge in [0.25, 0.3) is 0 Å². The van der Waals surface area contributed by atoms with E-state index in [1.165, 1.54) is 0 Å². The van der Waals surface area contributed by atoms with Gasteiger partial charge in [-0.3, -0.25) is 4.99 Å². The van der Waals surface area contributed by atoms with E-state index in [9.17, 15) is 0 Å². The first-order chi connectivity index (χ1) is 7.06. The van der Waals surface area contributed by atoms with Crippen LogP contribution < -0.4 is 0 Å². The van der Waals surface area contributed by atoms with Crippen molar-refractivity contribution in [3.8, 4) is 0 Å². The Kier molecular flexibility index (Phi) is 3.78. The largest absolute Gasteiger partial charge is 0.291 e. The summed E-state index contributed by atoms with van der Waals surface area (Å²) in [5.74, 6) is 0.423. The Balaban J connectivity index is 3.08. The number of pyridine rings is 1. The summed E-state index contributed by atoms with van der Waals surface area (Å²) in [5, 5.41) is 0. The number of aliphatic imine (C=N–C) groups is 1. The smallest absolute Gasteiger partial charge is 0.0844 e. The summed E-state index contributed by atoms with van der Waals surface area (Å²) in [4.78, 5) is 8.66. The minimum atomic E-state index is 0.423. The fourth-order valence-electron chi connectivity index (χ4n) is 1.23. The number of hydrogen-bond donors (Lipinski definition) is 0. The maximum absolute atomic E-state index is 4.53. The molecule has 0 fully saturated rings. The van der Waals surface area contributed by atoms with Crippen molar-refractivity contribution in [3.05, 3.63) is 36.2 Å². The fourth-order valence-corrected chi connectivity index (χ4v) is 1.23. The molecule has 2 nitrogen and oxygen atoms in total. The Hall–Kier alpha value is -1.44. The Bertz CT molecular complexity index is 389. The number of hydrogen-bond acceptors (Lipinski definition) is 2. The molecule has 0 aliphatic heterocycles. The van der Waals surface area contributed by atoms with Gasteiger partial charge in [0.1, 0.15) is 0 Å². The normalized spacial score (nSPS) is 11.9. The maximum Gasteiger partial charge on any atom is 0.0844 e. The highest BCUT2D eigenvalue weighted by molar-refractivity contribution is 5.97. The van der Waals surface area contributed by atoms with Crippen LogP contribution in [0.1, 0.15) is 32.2 Å². The predicted octanol–water partition coefficient (Wildman–Crippen LogP) is 3.19. The van der Waals surface area contributed by atoms with E-state index >= 15 is 0 Å². The van der Waals surface area contributed by atoms with Gasteiger partial charge in [0.15, 0.2) is 0 Å². The molecule has 0 N–H and O–H groups in total. The van der Waals surface area contributed by atoms with Gasteiger partial charge < -0.3 is 0 Å². The third-order valence-electron chi connectivity index (χ3n) is 2.48. The van der Waals surface area contributed by atoms with Crippen molar-refractivity contribution < 1.29 is 0 Å². The molecule has 1 heterocycles. The molecular weight excluding hydrogens is 184 g/mol. The number of nitrogens with zero attached hydrogens (tertiary/aromatic N) is 2. The molecule has 0 aromatic carbocycles. The van der Waals surface area contributed by atoms with Gasteiger partial charge in [0.05, 0.1) is 17.1 Å². The minimum Gasteiger partial charge on any atom is -0.291 e. The van der Waals surface area contributed by atoms with Gasteiger partial charge in [-0.15, -0.1) is 0 Å². The molecule has 0 amide bonds. The van der Waals surface area contributed by atoms with Crippen molar-refractivity contribution in [2.45, 2.75) is 20.8 Å². The van der Waals surface area contributed by atoms with E-state index in [1.54, 1.807) is 7.05 Å². The van der Waals surface area contributed by atoms with Gasteiger partial charge >= 0.3 is 0 Å². The van der Waals surface area contributed by atoms with E-state index in [4.69, 9.17) is 0 Å². The van der Waals surface area contributed by atoms with E-state index < -0.39 is 0 Å². The molecule has 1 aromatic heterocycles. The summed E-state index contributed by atoms with van der Waals surface area (Å²) < 4.78 is 0. The van der Waals surface area contributed by atoms with Gasteiger partial charge in [0.2, 0.25) is 0 Å². The molecule has 0 atom stereocenters. The van der Waals surface area contributed by atoms with Crippen LogP contribution in [0.2, 0.25) is 0 Å². The summed E-state index contributed by atoms with van der Waals surface area (Å²) in [6.45, 7) is 10.3. The average molecular weight is 202 g/mol. The SMILES string of the molecule is C=C(c1cccc(C(C)=NC)n1)C(C)C. The lowest BCUT2D eigenvalue weighted by Gasteiger charge is -2.09. The summed E-state index contributed by atoms with van der Waals surface area (Å²) >= 11 is 0. The van der Waals surface area contributed by atoms with Crippen LogP contribution in [0, 0.1) is 5.92 Å². The molecule has 0 radical (unpaired) electrons. The van der Waals surface area contributed by atoms with Gasteiger partial charge in [-0.05, 0) is 30.5 Å². The third-order valence-corrected chi connectivity index (χ3v) is 2.48. The monoisotopic (exact) mass is 202 g/mol. The molecule has 15 heavy (non-hydrogen) atoms. The molecule has 0 unspecified atom stereocenters. The van der Waals surface area contributed by atoms with Crippen molar-refractivity contribution in [2.75, 3.05) is 7.05 Å². The number of aromatic nitrogens is 1. The van der Waals surface area contributed by atoms with Gasteiger partial charge in [-0.1, -0.05) is 26.5 Å². The summed E-state index contributed by atoms with van der Waals surface area (Å²) in [7, 11) is 1.78. The molecule has 0 aliphatic carbocycles. The Morgan fingerprint density at radius 2 is 1.93 bits per heavy atom. The van der Waals surface area contributed by atoms with Crippen LogP contribution >= 0.6 is 0 Å². The van der Waals surface area contributed by atoms with Crippen molar-refractivity contribution in [1.82, 2.24) is 4.98 Å². The molecule has 1 rings (SSSR count). The molecular formula is C13H18N2. The fraction of sp³-hybridized carbons (Fsp3) is 0.385. The lowest BCUT2D eigenvalue weighted by molar-refractivity contribution is 0.850. The van der Waals surface area contributed by atoms with Crippen molar-refractivity contribution in [1.29, 1.82) is 0 Å². The lowest BCUT2D eigenvalue weighted by Crippen LogP contribution is -2.02. The second-order valence-electron chi connectivity index (χ2n) is 3.90. The molecule has 0 aliphatic rings. The molecule has 0 spiro atoms. The summed E-state index contributed by atoms with van der Waals surface area (Å²) in [6, 6.07) is 5.97. The zero-order chi connectivity index (χ0) is 11.4. The van der Waals surface area contributed by atoms with E-state index in [2.05, 4.69) is 30.4 Å². The molecule has 80 valence electrons. The topological polar surface area (TPSA) is 25.2 Å². The zero-order valence-corrected chi connectivity index (χ0v) is 9.91. The second-order valence-corrected chi connectivity index (χ2v) is 3.90. The maximum atomic E-state index is 4.53. The zero-order valence-electron chi connectivity index (χ0n) is 9.91. The Labute approximate surface area is 91.8 Å². The van der Waals surface area contributed by atoms with E-state index in [-0.39, 0.29) is 0 Å². The first-order valence-electron chi connectivity index (χ1n) is 5.16. The average Bonchev–Trinajstić information content (AvgIpc) is 2.27. The summed E-state index contributed by atoms with van der Waals surface area (Å²) in [6.07, 6.45) is 0. The van der Waals surface area contributed by atoms with Crippen molar-refractivity contribution in [3.63, 3.8) is 0 Å². The van der Waals surface area contributed by atoms with E-state index in [0.717, 1.165) is 22.7 Å². The van der Waals surface area contributed by atoms with Gasteiger partial charge in [0, 0.05) is 7.05 Å². The lowest BCUT2D eigenvalue weighted by atomic mass is 10.0. The first-order valence-corrected chi connectivity index (χ1v) is 5.16. The van der Waals surface area contributed by atoms with E-state index in [0.29, 0.717) is 5.92 Å². The third kappa shape index (κ3) is 2.75. The highest BCUT2D eigenvalue weighted by Gasteiger charge is 2.06. The molecule has 0 saturated carbocycles. The quantitative estimate of drug-likeness (QED) is 0.691. The highest BCUT2D eigenvalue weighted by Crippen LogP contribution is 2.18. The Morgan fingerprint density at radius 3 is 2.47 bits per heavy atom. The highest BCUT2D eigenvalue weighted by atomic mass is 14.8. The number of allylic oxidation sites excluding steroid dienone is 1. The predicted molar refractivity (Wildman–Crippen MR) is 66.2 cm³/mol. The van der Waals surface area contributed by atoms with Crippen LogP contribution in [0.3, 0.4) is 0 Å². The molecule has 0 saturated heterocycles. The van der Waals surface area contributed by atoms with Crippen LogP contribution in [0.4, 0.5) is 0 Å². The van der Waals surface area contributed by atoms with Crippen molar-refractivity contribution >= 4 is 11.3 Å². The Morgan fingerprint density at radius 1 is 1.33 bits per heavy atom. The molecule has 1 aromatic rings. The minimum absolute atomic E-state index is 0.423. The second kappa shape index (κ2) is 4.87. The standard InChI is InChI=1S/C13H18N2/c1-9(2)10(3)12-7-6-8-13(15-12)11(4)14-5/h6-9H,3H2,1-2,4-5H3. The summed E-state index contributed by atoms with van der Waals surface area (Å²) in [5.41, 5.74) is 3.91. The van der Waals surface area contributed by atoms with Crippen LogP contribution in [0.5, 0.6) is 0 Å². The van der Waals surface area contributed by atoms with Crippen LogP contribution in [-0.2, 0) is 0 Å². The van der Waals surface area contributed by atoms with Crippen molar-refractivity contribution in [2.24, 2.45) is 10.9 Å². The molecule has 0 bridgehead atoms. The van der Waals surface area contributed by atoms with Crippen LogP contribution in [0.15, 0.2) is 29.8 Å². The van der Waals surface area contributed by atoms with Crippen LogP contribution in [0.25, 0.3) is 5.57 Å². The van der Waals surface area contributed by atoms with E-state index in [1.807, 2.05) is 25.1 Å². The van der Waals surface area contributed by atoms with Gasteiger partial charge in [-0.25, -0.2) is 4.98 Å². The number of rotatable bonds is 3.